The van der Waals surface area contributed by atoms with E-state index >= 15 is 0 Å². The fourth-order valence-electron chi connectivity index (χ4n) is 6.82. The lowest BCUT2D eigenvalue weighted by atomic mass is 9.78. The number of nitrogens with zero attached hydrogens (tertiary/aromatic N) is 2. The number of ether oxygens (including phenoxy) is 1. The van der Waals surface area contributed by atoms with E-state index in [9.17, 15) is 8.42 Å². The number of rotatable bonds is 12. The Balaban J connectivity index is 1.20. The van der Waals surface area contributed by atoms with Gasteiger partial charge in [-0.25, -0.2) is 12.7 Å². The summed E-state index contributed by atoms with van der Waals surface area (Å²) in [5, 5.41) is 0. The van der Waals surface area contributed by atoms with Gasteiger partial charge in [0.1, 0.15) is 5.75 Å². The minimum atomic E-state index is -3.61. The average Bonchev–Trinajstić information content (AvgIpc) is 3.35. The largest absolute Gasteiger partial charge is 0.497 e. The molecular weight excluding hydrogens is 516 g/mol. The van der Waals surface area contributed by atoms with Crippen molar-refractivity contribution in [3.63, 3.8) is 0 Å². The van der Waals surface area contributed by atoms with Crippen molar-refractivity contribution in [3.05, 3.63) is 95.6 Å². The zero-order chi connectivity index (χ0) is 28.0. The van der Waals surface area contributed by atoms with E-state index in [1.54, 1.807) is 42.7 Å². The van der Waals surface area contributed by atoms with Gasteiger partial charge in [-0.15, -0.1) is 0 Å². The third kappa shape index (κ3) is 6.62. The molecule has 5 rings (SSSR count). The van der Waals surface area contributed by atoms with E-state index < -0.39 is 10.0 Å². The zero-order valence-electron chi connectivity index (χ0n) is 24.1. The molecule has 0 N–H and O–H groups in total. The molecule has 0 spiro atoms. The Morgan fingerprint density at radius 1 is 0.950 bits per heavy atom. The van der Waals surface area contributed by atoms with Crippen LogP contribution in [0.15, 0.2) is 83.8 Å². The molecule has 1 unspecified atom stereocenters. The highest BCUT2D eigenvalue weighted by Crippen LogP contribution is 2.43. The molecule has 40 heavy (non-hydrogen) atoms. The summed E-state index contributed by atoms with van der Waals surface area (Å²) in [6.07, 6.45) is 9.27. The number of likely N-dealkylation sites (N-methyl/N-ethyl adjacent to an activating group) is 1. The molecule has 214 valence electrons. The first-order valence-corrected chi connectivity index (χ1v) is 16.3. The summed E-state index contributed by atoms with van der Waals surface area (Å²) < 4.78 is 33.9. The van der Waals surface area contributed by atoms with Crippen LogP contribution in [0.2, 0.25) is 0 Å². The number of piperidine rings is 1. The molecule has 3 aromatic carbocycles. The van der Waals surface area contributed by atoms with Crippen molar-refractivity contribution in [2.45, 2.75) is 61.7 Å². The normalized spacial score (nSPS) is 20.1. The van der Waals surface area contributed by atoms with Crippen molar-refractivity contribution in [2.75, 3.05) is 40.3 Å². The van der Waals surface area contributed by atoms with Crippen LogP contribution in [0.5, 0.6) is 5.75 Å². The molecule has 6 heteroatoms. The van der Waals surface area contributed by atoms with Gasteiger partial charge >= 0.3 is 0 Å². The van der Waals surface area contributed by atoms with Gasteiger partial charge in [-0.2, -0.15) is 0 Å². The minimum absolute atomic E-state index is 0.169. The second-order valence-electron chi connectivity index (χ2n) is 11.8. The van der Waals surface area contributed by atoms with Crippen LogP contribution < -0.4 is 4.74 Å². The van der Waals surface area contributed by atoms with Gasteiger partial charge in [0.25, 0.3) is 0 Å². The van der Waals surface area contributed by atoms with Crippen LogP contribution in [0.4, 0.5) is 0 Å². The number of methoxy groups -OCH3 is 1. The van der Waals surface area contributed by atoms with Crippen LogP contribution in [0.1, 0.15) is 55.2 Å². The number of fused-ring (bicyclic) bond motifs is 1. The summed E-state index contributed by atoms with van der Waals surface area (Å²) in [4.78, 5) is 2.93. The van der Waals surface area contributed by atoms with Gasteiger partial charge in [0.2, 0.25) is 10.0 Å². The number of benzene rings is 3. The average molecular weight is 561 g/mol. The monoisotopic (exact) mass is 560 g/mol. The number of hydrogen-bond acceptors (Lipinski definition) is 4. The second kappa shape index (κ2) is 12.9. The van der Waals surface area contributed by atoms with Crippen molar-refractivity contribution in [1.29, 1.82) is 0 Å². The van der Waals surface area contributed by atoms with Gasteiger partial charge in [-0.05, 0) is 111 Å². The maximum atomic E-state index is 13.6. The molecule has 1 heterocycles. The first-order chi connectivity index (χ1) is 19.4. The van der Waals surface area contributed by atoms with Crippen molar-refractivity contribution in [1.82, 2.24) is 9.21 Å². The Morgan fingerprint density at radius 3 is 2.38 bits per heavy atom. The lowest BCUT2D eigenvalue weighted by Gasteiger charge is -2.38. The van der Waals surface area contributed by atoms with Gasteiger partial charge in [0.05, 0.1) is 12.0 Å². The third-order valence-electron chi connectivity index (χ3n) is 9.29. The summed E-state index contributed by atoms with van der Waals surface area (Å²) in [5.41, 5.74) is 3.98. The topological polar surface area (TPSA) is 49.9 Å². The highest BCUT2D eigenvalue weighted by atomic mass is 32.2. The third-order valence-corrected chi connectivity index (χ3v) is 11.1. The Bertz CT molecular complexity index is 1340. The fourth-order valence-corrected chi connectivity index (χ4v) is 8.07. The molecule has 0 aromatic heterocycles. The van der Waals surface area contributed by atoms with Gasteiger partial charge in [-0.1, -0.05) is 61.0 Å². The summed E-state index contributed by atoms with van der Waals surface area (Å²) in [7, 11) is -0.279. The molecule has 0 saturated carbocycles. The Hall–Kier alpha value is -2.67. The molecule has 1 saturated heterocycles. The molecule has 1 fully saturated rings. The molecule has 0 radical (unpaired) electrons. The summed E-state index contributed by atoms with van der Waals surface area (Å²) in [6.45, 7) is 3.80. The minimum Gasteiger partial charge on any atom is -0.497 e. The summed E-state index contributed by atoms with van der Waals surface area (Å²) in [6, 6.07) is 26.2. The SMILES string of the molecule is COc1ccc(S(=O)(=O)N(C)CC2(CCN3CCC(CCCc4ccccc4)CC3)CCc3ccccc32)cc1. The Kier molecular flexibility index (Phi) is 9.29. The van der Waals surface area contributed by atoms with Crippen LogP contribution in [0, 0.1) is 5.92 Å². The highest BCUT2D eigenvalue weighted by Gasteiger charge is 2.41. The molecule has 0 bridgehead atoms. The smallest absolute Gasteiger partial charge is 0.242 e. The van der Waals surface area contributed by atoms with Crippen LogP contribution in [-0.2, 0) is 28.3 Å². The van der Waals surface area contributed by atoms with E-state index in [1.807, 2.05) is 0 Å². The molecule has 1 aliphatic carbocycles. The highest BCUT2D eigenvalue weighted by molar-refractivity contribution is 7.89. The molecule has 1 aliphatic heterocycles. The fraction of sp³-hybridized carbons (Fsp3) is 0.471. The number of sulfonamides is 1. The van der Waals surface area contributed by atoms with Crippen molar-refractivity contribution in [3.8, 4) is 5.75 Å². The standard InChI is InChI=1S/C34H44N2O3S/c1-35(40(37,38)32-17-15-31(39-2)16-18-32)27-34(22-19-30-13-6-7-14-33(30)34)23-26-36-24-20-29(21-25-36)12-8-11-28-9-4-3-5-10-28/h3-7,9-10,13-18,29H,8,11-12,19-27H2,1-2H3. The van der Waals surface area contributed by atoms with E-state index in [2.05, 4.69) is 59.5 Å². The van der Waals surface area contributed by atoms with Crippen molar-refractivity contribution >= 4 is 10.0 Å². The molecule has 1 atom stereocenters. The first kappa shape index (κ1) is 28.8. The lowest BCUT2D eigenvalue weighted by molar-refractivity contribution is 0.158. The van der Waals surface area contributed by atoms with Crippen molar-refractivity contribution in [2.24, 2.45) is 5.92 Å². The molecule has 5 nitrogen and oxygen atoms in total. The van der Waals surface area contributed by atoms with Gasteiger partial charge in [0.15, 0.2) is 0 Å². The van der Waals surface area contributed by atoms with Crippen LogP contribution in [-0.4, -0.2) is 58.0 Å². The second-order valence-corrected chi connectivity index (χ2v) is 13.8. The Morgan fingerprint density at radius 2 is 1.65 bits per heavy atom. The van der Waals surface area contributed by atoms with Crippen LogP contribution in [0.3, 0.4) is 0 Å². The zero-order valence-corrected chi connectivity index (χ0v) is 24.9. The van der Waals surface area contributed by atoms with Gasteiger partial charge in [-0.3, -0.25) is 0 Å². The molecule has 3 aromatic rings. The first-order valence-electron chi connectivity index (χ1n) is 14.8. The molecule has 2 aliphatic rings. The number of aryl methyl sites for hydroxylation is 2. The quantitative estimate of drug-likeness (QED) is 0.260. The van der Waals surface area contributed by atoms with Crippen LogP contribution >= 0.6 is 0 Å². The predicted molar refractivity (Wildman–Crippen MR) is 162 cm³/mol. The molecular formula is C34H44N2O3S. The lowest BCUT2D eigenvalue weighted by Crippen LogP contribution is -2.44. The molecule has 0 amide bonds. The predicted octanol–water partition coefficient (Wildman–Crippen LogP) is 6.32. The maximum Gasteiger partial charge on any atom is 0.242 e. The number of likely N-dealkylation sites (tertiary alicyclic amines) is 1. The maximum absolute atomic E-state index is 13.6. The Labute approximate surface area is 241 Å². The van der Waals surface area contributed by atoms with E-state index in [4.69, 9.17) is 4.74 Å². The number of hydrogen-bond donors (Lipinski definition) is 0. The summed E-state index contributed by atoms with van der Waals surface area (Å²) >= 11 is 0. The van der Waals surface area contributed by atoms with E-state index in [-0.39, 0.29) is 5.41 Å². The van der Waals surface area contributed by atoms with Gasteiger partial charge < -0.3 is 9.64 Å². The summed E-state index contributed by atoms with van der Waals surface area (Å²) in [5.74, 6) is 1.48. The van der Waals surface area contributed by atoms with E-state index in [0.717, 1.165) is 44.8 Å². The van der Waals surface area contributed by atoms with E-state index in [1.165, 1.54) is 48.8 Å². The van der Waals surface area contributed by atoms with E-state index in [0.29, 0.717) is 17.2 Å². The van der Waals surface area contributed by atoms with Crippen LogP contribution in [0.25, 0.3) is 0 Å². The van der Waals surface area contributed by atoms with Crippen molar-refractivity contribution < 1.29 is 13.2 Å². The van der Waals surface area contributed by atoms with Gasteiger partial charge in [0, 0.05) is 19.0 Å².